The minimum Gasteiger partial charge on any atom is -0.497 e. The molecule has 0 spiro atoms. The predicted molar refractivity (Wildman–Crippen MR) is 148 cm³/mol. The average molecular weight is 498 g/mol. The molecule has 0 saturated carbocycles. The van der Waals surface area contributed by atoms with Crippen molar-refractivity contribution in [2.75, 3.05) is 12.0 Å². The fourth-order valence-corrected chi connectivity index (χ4v) is 3.59. The van der Waals surface area contributed by atoms with E-state index >= 15 is 0 Å². The van der Waals surface area contributed by atoms with Crippen molar-refractivity contribution in [3.63, 3.8) is 0 Å². The second-order valence-corrected chi connectivity index (χ2v) is 9.34. The van der Waals surface area contributed by atoms with E-state index < -0.39 is 0 Å². The van der Waals surface area contributed by atoms with Crippen LogP contribution in [-0.4, -0.2) is 18.6 Å². The lowest BCUT2D eigenvalue weighted by Crippen LogP contribution is -2.21. The molecule has 4 nitrogen and oxygen atoms in total. The van der Waals surface area contributed by atoms with Crippen molar-refractivity contribution >= 4 is 17.3 Å². The Balaban J connectivity index is 2.29. The van der Waals surface area contributed by atoms with Gasteiger partial charge in [0, 0.05) is 35.7 Å². The molecular weight excluding hydrogens is 458 g/mol. The van der Waals surface area contributed by atoms with E-state index in [1.807, 2.05) is 63.3 Å². The second kappa shape index (κ2) is 14.5. The van der Waals surface area contributed by atoms with E-state index in [1.165, 1.54) is 0 Å². The van der Waals surface area contributed by atoms with Crippen molar-refractivity contribution in [3.05, 3.63) is 89.9 Å². The first-order valence-electron chi connectivity index (χ1n) is 12.2. The van der Waals surface area contributed by atoms with Crippen LogP contribution in [0.5, 0.6) is 11.5 Å². The number of hydrogen-bond donors (Lipinski definition) is 0. The summed E-state index contributed by atoms with van der Waals surface area (Å²) in [5, 5.41) is -0.000455. The molecule has 0 aliphatic heterocycles. The normalized spacial score (nSPS) is 13.4. The molecule has 0 heterocycles. The van der Waals surface area contributed by atoms with E-state index in [9.17, 15) is 0 Å². The molecule has 35 heavy (non-hydrogen) atoms. The van der Waals surface area contributed by atoms with E-state index in [4.69, 9.17) is 25.8 Å². The lowest BCUT2D eigenvalue weighted by Gasteiger charge is -2.28. The third-order valence-corrected chi connectivity index (χ3v) is 5.80. The number of nitrogens with zero attached hydrogens (tertiary/aromatic N) is 1. The summed E-state index contributed by atoms with van der Waals surface area (Å²) in [6.07, 6.45) is 7.83. The van der Waals surface area contributed by atoms with E-state index in [0.29, 0.717) is 19.6 Å². The molecule has 0 aromatic heterocycles. The van der Waals surface area contributed by atoms with Crippen molar-refractivity contribution in [2.45, 2.75) is 72.1 Å². The first-order valence-corrected chi connectivity index (χ1v) is 12.6. The zero-order chi connectivity index (χ0) is 25.8. The van der Waals surface area contributed by atoms with Gasteiger partial charge in [0.2, 0.25) is 0 Å². The van der Waals surface area contributed by atoms with Gasteiger partial charge in [-0.3, -0.25) is 0 Å². The third kappa shape index (κ3) is 9.37. The fraction of sp³-hybridized carbons (Fsp3) is 0.400. The zero-order valence-electron chi connectivity index (χ0n) is 22.0. The number of rotatable bonds is 14. The number of hydrogen-bond acceptors (Lipinski definition) is 4. The van der Waals surface area contributed by atoms with Gasteiger partial charge in [0.1, 0.15) is 18.1 Å². The molecule has 0 fully saturated rings. The molecule has 190 valence electrons. The Hall–Kier alpha value is -2.85. The highest BCUT2D eigenvalue weighted by Gasteiger charge is 2.16. The molecule has 0 radical (unpaired) electrons. The van der Waals surface area contributed by atoms with Gasteiger partial charge in [-0.05, 0) is 70.0 Å². The van der Waals surface area contributed by atoms with Gasteiger partial charge in [-0.2, -0.15) is 0 Å². The van der Waals surface area contributed by atoms with Crippen LogP contribution < -0.4 is 14.4 Å². The topological polar surface area (TPSA) is 30.9 Å². The number of methoxy groups -OCH3 is 1. The average Bonchev–Trinajstić information content (AvgIpc) is 2.84. The molecule has 0 bridgehead atoms. The van der Waals surface area contributed by atoms with Crippen molar-refractivity contribution in [2.24, 2.45) is 0 Å². The van der Waals surface area contributed by atoms with Crippen molar-refractivity contribution in [1.82, 2.24) is 0 Å². The summed E-state index contributed by atoms with van der Waals surface area (Å²) in [6, 6.07) is 14.3. The van der Waals surface area contributed by atoms with Crippen LogP contribution in [0.4, 0.5) is 5.69 Å². The van der Waals surface area contributed by atoms with Gasteiger partial charge in [0.25, 0.3) is 0 Å². The van der Waals surface area contributed by atoms with Gasteiger partial charge in [-0.25, -0.2) is 0 Å². The Kier molecular flexibility index (Phi) is 11.8. The molecule has 5 heteroatoms. The Morgan fingerprint density at radius 2 is 1.91 bits per heavy atom. The Morgan fingerprint density at radius 3 is 2.54 bits per heavy atom. The lowest BCUT2D eigenvalue weighted by molar-refractivity contribution is 0.194. The molecule has 2 atom stereocenters. The van der Waals surface area contributed by atoms with Crippen LogP contribution in [0.15, 0.2) is 78.7 Å². The predicted octanol–water partition coefficient (Wildman–Crippen LogP) is 8.41. The first kappa shape index (κ1) is 28.4. The minimum absolute atomic E-state index is 0.000455. The van der Waals surface area contributed by atoms with Crippen LogP contribution >= 0.6 is 11.6 Å². The third-order valence-electron chi connectivity index (χ3n) is 5.65. The standard InChI is InChI=1S/C30H40ClNO3/c1-8-24(6)35-29-15-11-13-25(18-29)20-32(22(3)4)30-19-28(33-7)17-16-26(30)21-34-27(9-2)14-10-12-23(5)31/h9-13,15-19,23-24H,3,8,14,20-21H2,1-2,4-7H3/b12-10-,27-9+. The minimum atomic E-state index is -0.000455. The molecule has 0 aliphatic rings. The largest absolute Gasteiger partial charge is 0.497 e. The molecule has 2 unspecified atom stereocenters. The zero-order valence-corrected chi connectivity index (χ0v) is 22.8. The maximum Gasteiger partial charge on any atom is 0.120 e. The monoisotopic (exact) mass is 497 g/mol. The van der Waals surface area contributed by atoms with Crippen LogP contribution in [0.25, 0.3) is 0 Å². The summed E-state index contributed by atoms with van der Waals surface area (Å²) in [5.74, 6) is 2.57. The number of allylic oxidation sites excluding steroid dienone is 4. The molecular formula is C30H40ClNO3. The summed E-state index contributed by atoms with van der Waals surface area (Å²) < 4.78 is 17.8. The van der Waals surface area contributed by atoms with Gasteiger partial charge in [0.15, 0.2) is 0 Å². The lowest BCUT2D eigenvalue weighted by atomic mass is 10.1. The van der Waals surface area contributed by atoms with Gasteiger partial charge >= 0.3 is 0 Å². The number of alkyl halides is 1. The van der Waals surface area contributed by atoms with Gasteiger partial charge in [-0.1, -0.05) is 37.8 Å². The highest BCUT2D eigenvalue weighted by Crippen LogP contribution is 2.31. The Labute approximate surface area is 216 Å². The molecule has 0 aliphatic carbocycles. The van der Waals surface area contributed by atoms with Crippen LogP contribution in [0.1, 0.15) is 58.6 Å². The van der Waals surface area contributed by atoms with E-state index in [1.54, 1.807) is 7.11 Å². The quantitative estimate of drug-likeness (QED) is 0.149. The SMILES string of the molecule is C=C(C)N(Cc1cccc(OC(C)CC)c1)c1cc(OC)ccc1CO/C(=C/C)C/C=C\C(C)Cl. The summed E-state index contributed by atoms with van der Waals surface area (Å²) in [7, 11) is 1.68. The molecule has 0 amide bonds. The summed E-state index contributed by atoms with van der Waals surface area (Å²) in [5.41, 5.74) is 4.12. The fourth-order valence-electron chi connectivity index (χ4n) is 3.49. The Morgan fingerprint density at radius 1 is 1.14 bits per heavy atom. The summed E-state index contributed by atoms with van der Waals surface area (Å²) in [4.78, 5) is 2.19. The number of halogens is 1. The highest BCUT2D eigenvalue weighted by molar-refractivity contribution is 6.21. The molecule has 2 rings (SSSR count). The van der Waals surface area contributed by atoms with E-state index in [2.05, 4.69) is 43.5 Å². The maximum atomic E-state index is 6.18. The summed E-state index contributed by atoms with van der Waals surface area (Å²) >= 11 is 6.02. The first-order chi connectivity index (χ1) is 16.8. The number of benzene rings is 2. The van der Waals surface area contributed by atoms with Crippen LogP contribution in [0.3, 0.4) is 0 Å². The van der Waals surface area contributed by atoms with E-state index in [-0.39, 0.29) is 11.5 Å². The summed E-state index contributed by atoms with van der Waals surface area (Å²) in [6.45, 7) is 15.5. The molecule has 2 aromatic carbocycles. The van der Waals surface area contributed by atoms with Crippen LogP contribution in [0.2, 0.25) is 0 Å². The second-order valence-electron chi connectivity index (χ2n) is 8.65. The highest BCUT2D eigenvalue weighted by atomic mass is 35.5. The number of ether oxygens (including phenoxy) is 3. The number of anilines is 1. The van der Waals surface area contributed by atoms with Crippen LogP contribution in [-0.2, 0) is 17.9 Å². The van der Waals surface area contributed by atoms with Gasteiger partial charge < -0.3 is 19.1 Å². The molecule has 2 aromatic rings. The molecule has 0 N–H and O–H groups in total. The maximum absolute atomic E-state index is 6.18. The van der Waals surface area contributed by atoms with Crippen molar-refractivity contribution < 1.29 is 14.2 Å². The van der Waals surface area contributed by atoms with Crippen LogP contribution in [0, 0.1) is 0 Å². The van der Waals surface area contributed by atoms with Crippen molar-refractivity contribution in [1.29, 1.82) is 0 Å². The van der Waals surface area contributed by atoms with Gasteiger partial charge in [0.05, 0.1) is 24.7 Å². The van der Waals surface area contributed by atoms with E-state index in [0.717, 1.165) is 46.2 Å². The smallest absolute Gasteiger partial charge is 0.120 e. The van der Waals surface area contributed by atoms with Crippen molar-refractivity contribution in [3.8, 4) is 11.5 Å². The molecule has 0 saturated heterocycles. The Bertz CT molecular complexity index is 1010. The van der Waals surface area contributed by atoms with Gasteiger partial charge in [-0.15, -0.1) is 11.6 Å².